The van der Waals surface area contributed by atoms with Crippen LogP contribution < -0.4 is 0 Å². The van der Waals surface area contributed by atoms with Gasteiger partial charge in [0.1, 0.15) is 0 Å². The fourth-order valence-electron chi connectivity index (χ4n) is 1.15. The predicted molar refractivity (Wildman–Crippen MR) is 58.0 cm³/mol. The normalized spacial score (nSPS) is 13.1. The molecule has 0 aliphatic heterocycles. The average Bonchev–Trinajstić information content (AvgIpc) is 2.49. The Labute approximate surface area is 91.9 Å². The van der Waals surface area contributed by atoms with E-state index in [2.05, 4.69) is 0 Å². The number of hydrogen-bond acceptors (Lipinski definition) is 3. The SMILES string of the molecule is CC(c1csc(Cl)c1)N(C)CC(=O)O. The first-order valence-electron chi connectivity index (χ1n) is 4.16. The van der Waals surface area contributed by atoms with Crippen molar-refractivity contribution in [3.05, 3.63) is 21.3 Å². The van der Waals surface area contributed by atoms with E-state index < -0.39 is 5.97 Å². The van der Waals surface area contributed by atoms with Crippen LogP contribution in [0.15, 0.2) is 11.4 Å². The van der Waals surface area contributed by atoms with Crippen LogP contribution in [-0.2, 0) is 4.79 Å². The maximum atomic E-state index is 10.5. The number of carboxylic acids is 1. The molecule has 1 N–H and O–H groups in total. The molecule has 0 amide bonds. The van der Waals surface area contributed by atoms with E-state index >= 15 is 0 Å². The van der Waals surface area contributed by atoms with Crippen LogP contribution in [0.25, 0.3) is 0 Å². The molecule has 0 bridgehead atoms. The van der Waals surface area contributed by atoms with E-state index in [-0.39, 0.29) is 12.6 Å². The van der Waals surface area contributed by atoms with Gasteiger partial charge in [-0.05, 0) is 31.0 Å². The number of thiophene rings is 1. The summed E-state index contributed by atoms with van der Waals surface area (Å²) in [7, 11) is 1.78. The molecule has 0 aliphatic carbocycles. The van der Waals surface area contributed by atoms with Gasteiger partial charge in [-0.15, -0.1) is 11.3 Å². The second-order valence-electron chi connectivity index (χ2n) is 3.17. The van der Waals surface area contributed by atoms with Gasteiger partial charge in [0.25, 0.3) is 0 Å². The first-order chi connectivity index (χ1) is 6.50. The highest BCUT2D eigenvalue weighted by Gasteiger charge is 2.15. The number of aliphatic carboxylic acids is 1. The molecule has 1 atom stereocenters. The molecule has 0 aliphatic rings. The molecule has 3 nitrogen and oxygen atoms in total. The Balaban J connectivity index is 2.65. The molecule has 1 rings (SSSR count). The van der Waals surface area contributed by atoms with Crippen molar-refractivity contribution in [2.24, 2.45) is 0 Å². The maximum Gasteiger partial charge on any atom is 0.317 e. The molecule has 0 saturated carbocycles. The lowest BCUT2D eigenvalue weighted by Crippen LogP contribution is -2.28. The van der Waals surface area contributed by atoms with Crippen LogP contribution in [0.4, 0.5) is 0 Å². The Kier molecular flexibility index (Phi) is 3.92. The molecule has 1 unspecified atom stereocenters. The van der Waals surface area contributed by atoms with Crippen molar-refractivity contribution in [1.29, 1.82) is 0 Å². The lowest BCUT2D eigenvalue weighted by Gasteiger charge is -2.21. The molecule has 1 aromatic heterocycles. The molecule has 0 saturated heterocycles. The van der Waals surface area contributed by atoms with Crippen molar-refractivity contribution in [2.75, 3.05) is 13.6 Å². The van der Waals surface area contributed by atoms with Gasteiger partial charge < -0.3 is 5.11 Å². The number of hydrogen-bond donors (Lipinski definition) is 1. The molecule has 78 valence electrons. The molecular weight excluding hydrogens is 222 g/mol. The number of carbonyl (C=O) groups is 1. The topological polar surface area (TPSA) is 40.5 Å². The first kappa shape index (κ1) is 11.5. The van der Waals surface area contributed by atoms with Crippen LogP contribution in [0.5, 0.6) is 0 Å². The number of nitrogens with zero attached hydrogens (tertiary/aromatic N) is 1. The van der Waals surface area contributed by atoms with Gasteiger partial charge in [-0.2, -0.15) is 0 Å². The number of carboxylic acid groups (broad SMARTS) is 1. The maximum absolute atomic E-state index is 10.5. The smallest absolute Gasteiger partial charge is 0.317 e. The molecule has 14 heavy (non-hydrogen) atoms. The Morgan fingerprint density at radius 3 is 2.86 bits per heavy atom. The van der Waals surface area contributed by atoms with Crippen molar-refractivity contribution < 1.29 is 9.90 Å². The van der Waals surface area contributed by atoms with Gasteiger partial charge in [-0.25, -0.2) is 0 Å². The van der Waals surface area contributed by atoms with E-state index in [0.717, 1.165) is 9.90 Å². The Morgan fingerprint density at radius 1 is 1.79 bits per heavy atom. The highest BCUT2D eigenvalue weighted by molar-refractivity contribution is 7.14. The molecule has 0 aromatic carbocycles. The van der Waals surface area contributed by atoms with Crippen LogP contribution >= 0.6 is 22.9 Å². The molecule has 1 heterocycles. The van der Waals surface area contributed by atoms with E-state index in [0.29, 0.717) is 0 Å². The van der Waals surface area contributed by atoms with Crippen molar-refractivity contribution in [3.8, 4) is 0 Å². The van der Waals surface area contributed by atoms with E-state index in [1.165, 1.54) is 11.3 Å². The highest BCUT2D eigenvalue weighted by atomic mass is 35.5. The van der Waals surface area contributed by atoms with Gasteiger partial charge >= 0.3 is 5.97 Å². The number of rotatable bonds is 4. The Hall–Kier alpha value is -0.580. The third kappa shape index (κ3) is 2.97. The molecule has 0 fully saturated rings. The molecule has 5 heteroatoms. The van der Waals surface area contributed by atoms with E-state index in [1.807, 2.05) is 18.4 Å². The molecule has 0 spiro atoms. The zero-order valence-corrected chi connectivity index (χ0v) is 9.60. The van der Waals surface area contributed by atoms with Crippen LogP contribution in [0.3, 0.4) is 0 Å². The lowest BCUT2D eigenvalue weighted by molar-refractivity contribution is -0.138. The quantitative estimate of drug-likeness (QED) is 0.869. The van der Waals surface area contributed by atoms with Crippen molar-refractivity contribution in [3.63, 3.8) is 0 Å². The minimum atomic E-state index is -0.819. The fourth-order valence-corrected chi connectivity index (χ4v) is 2.12. The molecule has 1 aromatic rings. The summed E-state index contributed by atoms with van der Waals surface area (Å²) in [6.07, 6.45) is 0. The highest BCUT2D eigenvalue weighted by Crippen LogP contribution is 2.27. The monoisotopic (exact) mass is 233 g/mol. The Morgan fingerprint density at radius 2 is 2.43 bits per heavy atom. The van der Waals surface area contributed by atoms with Crippen molar-refractivity contribution >= 4 is 28.9 Å². The number of likely N-dealkylation sites (N-methyl/N-ethyl adjacent to an activating group) is 1. The summed E-state index contributed by atoms with van der Waals surface area (Å²) in [5.41, 5.74) is 1.06. The van der Waals surface area contributed by atoms with Gasteiger partial charge in [0, 0.05) is 6.04 Å². The van der Waals surface area contributed by atoms with Crippen LogP contribution in [0.2, 0.25) is 4.34 Å². The standard InChI is InChI=1S/C9H12ClNO2S/c1-6(11(2)4-9(12)13)7-3-8(10)14-5-7/h3,5-6H,4H2,1-2H3,(H,12,13). The van der Waals surface area contributed by atoms with E-state index in [1.54, 1.807) is 11.9 Å². The van der Waals surface area contributed by atoms with Crippen LogP contribution in [0.1, 0.15) is 18.5 Å². The Bertz CT molecular complexity index is 326. The van der Waals surface area contributed by atoms with Gasteiger partial charge in [0.05, 0.1) is 10.9 Å². The van der Waals surface area contributed by atoms with Crippen molar-refractivity contribution in [2.45, 2.75) is 13.0 Å². The summed E-state index contributed by atoms with van der Waals surface area (Å²) < 4.78 is 0.732. The lowest BCUT2D eigenvalue weighted by atomic mass is 10.1. The summed E-state index contributed by atoms with van der Waals surface area (Å²) in [5.74, 6) is -0.819. The fraction of sp³-hybridized carbons (Fsp3) is 0.444. The van der Waals surface area contributed by atoms with E-state index in [4.69, 9.17) is 16.7 Å². The van der Waals surface area contributed by atoms with Crippen molar-refractivity contribution in [1.82, 2.24) is 4.90 Å². The summed E-state index contributed by atoms with van der Waals surface area (Å²) >= 11 is 7.26. The minimum Gasteiger partial charge on any atom is -0.480 e. The zero-order valence-electron chi connectivity index (χ0n) is 8.03. The summed E-state index contributed by atoms with van der Waals surface area (Å²) in [6.45, 7) is 2.00. The van der Waals surface area contributed by atoms with Crippen LogP contribution in [0, 0.1) is 0 Å². The summed E-state index contributed by atoms with van der Waals surface area (Å²) in [6, 6.07) is 1.95. The minimum absolute atomic E-state index is 0.0363. The van der Waals surface area contributed by atoms with Gasteiger partial charge in [0.15, 0.2) is 0 Å². The molecular formula is C9H12ClNO2S. The molecule has 0 radical (unpaired) electrons. The largest absolute Gasteiger partial charge is 0.480 e. The van der Waals surface area contributed by atoms with Crippen LogP contribution in [-0.4, -0.2) is 29.6 Å². The summed E-state index contributed by atoms with van der Waals surface area (Å²) in [4.78, 5) is 12.3. The number of halogens is 1. The predicted octanol–water partition coefficient (Wildman–Crippen LogP) is 2.48. The van der Waals surface area contributed by atoms with E-state index in [9.17, 15) is 4.79 Å². The second-order valence-corrected chi connectivity index (χ2v) is 4.71. The first-order valence-corrected chi connectivity index (χ1v) is 5.42. The van der Waals surface area contributed by atoms with Gasteiger partial charge in [0.2, 0.25) is 0 Å². The van der Waals surface area contributed by atoms with Gasteiger partial charge in [-0.1, -0.05) is 11.6 Å². The third-order valence-electron chi connectivity index (χ3n) is 2.12. The summed E-state index contributed by atoms with van der Waals surface area (Å²) in [5, 5.41) is 10.6. The average molecular weight is 234 g/mol. The second kappa shape index (κ2) is 4.77. The van der Waals surface area contributed by atoms with Gasteiger partial charge in [-0.3, -0.25) is 9.69 Å². The third-order valence-corrected chi connectivity index (χ3v) is 3.23. The zero-order chi connectivity index (χ0) is 10.7.